The molecule has 0 saturated heterocycles. The molecule has 0 atom stereocenters. The Morgan fingerprint density at radius 1 is 0.522 bits per heavy atom. The van der Waals surface area contributed by atoms with Crippen molar-refractivity contribution in [3.05, 3.63) is 148 Å². The van der Waals surface area contributed by atoms with Crippen LogP contribution in [-0.4, -0.2) is 66.7 Å². The van der Waals surface area contributed by atoms with Gasteiger partial charge in [0.05, 0.1) is 0 Å². The highest BCUT2D eigenvalue weighted by Crippen LogP contribution is 2.33. The molecule has 1 aliphatic carbocycles. The van der Waals surface area contributed by atoms with Crippen LogP contribution < -0.4 is 14.7 Å². The molecule has 0 saturated carbocycles. The van der Waals surface area contributed by atoms with Crippen LogP contribution in [0.25, 0.3) is 11.1 Å². The van der Waals surface area contributed by atoms with E-state index < -0.39 is 0 Å². The highest BCUT2D eigenvalue weighted by atomic mass is 15.1. The Morgan fingerprint density at radius 2 is 0.913 bits per heavy atom. The normalized spacial score (nSPS) is 13.1. The summed E-state index contributed by atoms with van der Waals surface area (Å²) in [6, 6.07) is 26.6. The highest BCUT2D eigenvalue weighted by Gasteiger charge is 2.14. The lowest BCUT2D eigenvalue weighted by atomic mass is 9.89. The summed E-state index contributed by atoms with van der Waals surface area (Å²) in [5.74, 6) is 0. The maximum atomic E-state index is 2.32. The minimum Gasteiger partial charge on any atom is -0.378 e. The lowest BCUT2D eigenvalue weighted by Gasteiger charge is -2.18. The second-order valence-corrected chi connectivity index (χ2v) is 12.9. The first-order chi connectivity index (χ1) is 21.8. The molecule has 4 heteroatoms. The Hall–Kier alpha value is -4.83. The fourth-order valence-electron chi connectivity index (χ4n) is 5.82. The van der Waals surface area contributed by atoms with Gasteiger partial charge in [-0.3, -0.25) is 0 Å². The van der Waals surface area contributed by atoms with E-state index in [1.165, 1.54) is 72.9 Å². The van der Waals surface area contributed by atoms with Gasteiger partial charge < -0.3 is 14.7 Å². The molecule has 0 fully saturated rings. The quantitative estimate of drug-likeness (QED) is 0.177. The minimum absolute atomic E-state index is 1.19. The fraction of sp³-hybridized carbons (Fsp3) is 0.262. The number of benzene rings is 3. The van der Waals surface area contributed by atoms with Crippen molar-refractivity contribution in [2.24, 2.45) is 0 Å². The SMILES string of the molecule is CC(/C=C(C)/C=C(\C)C(=C1C=CC(=[N+](C)C)C=C1)c1ccc(N(C)C)cc1)=C(c1ccc(N(C)C)cc1)c1ccc(N(C)C)cc1. The van der Waals surface area contributed by atoms with Crippen LogP contribution in [0.3, 0.4) is 0 Å². The summed E-state index contributed by atoms with van der Waals surface area (Å²) in [5.41, 5.74) is 15.7. The molecule has 0 amide bonds. The Balaban J connectivity index is 1.83. The third kappa shape index (κ3) is 8.25. The first kappa shape index (κ1) is 34.1. The van der Waals surface area contributed by atoms with E-state index in [9.17, 15) is 0 Å². The number of nitrogens with zero attached hydrogens (tertiary/aromatic N) is 4. The average molecular weight is 612 g/mol. The van der Waals surface area contributed by atoms with Crippen LogP contribution in [0, 0.1) is 0 Å². The second kappa shape index (κ2) is 15.0. The first-order valence-electron chi connectivity index (χ1n) is 15.9. The summed E-state index contributed by atoms with van der Waals surface area (Å²) < 4.78 is 2.14. The second-order valence-electron chi connectivity index (χ2n) is 12.9. The molecule has 1 aliphatic rings. The highest BCUT2D eigenvalue weighted by molar-refractivity contribution is 6.04. The van der Waals surface area contributed by atoms with Crippen LogP contribution in [-0.2, 0) is 0 Å². The molecule has 4 rings (SSSR count). The molecular formula is C42H51N4+. The third-order valence-electron chi connectivity index (χ3n) is 8.37. The van der Waals surface area contributed by atoms with Crippen LogP contribution in [0.2, 0.25) is 0 Å². The molecule has 0 unspecified atom stereocenters. The standard InChI is InChI=1S/C42H51N4/c1-30(28-31(2)41(33-12-20-37(21-13-33)43(4)5)34-14-22-38(23-15-34)44(6)7)29-32(3)42(35-16-24-39(25-17-35)45(8)9)36-18-26-40(27-19-36)46(10)11/h12-29H,1-11H3/q+1. The van der Waals surface area contributed by atoms with Gasteiger partial charge in [-0.1, -0.05) is 54.1 Å². The van der Waals surface area contributed by atoms with Crippen LogP contribution in [0.5, 0.6) is 0 Å². The van der Waals surface area contributed by atoms with Gasteiger partial charge in [0.25, 0.3) is 0 Å². The first-order valence-corrected chi connectivity index (χ1v) is 15.9. The van der Waals surface area contributed by atoms with E-state index >= 15 is 0 Å². The predicted molar refractivity (Wildman–Crippen MR) is 204 cm³/mol. The zero-order chi connectivity index (χ0) is 33.5. The smallest absolute Gasteiger partial charge is 0.199 e. The maximum Gasteiger partial charge on any atom is 0.199 e. The zero-order valence-electron chi connectivity index (χ0n) is 29.7. The molecule has 3 aromatic carbocycles. The van der Waals surface area contributed by atoms with E-state index in [2.05, 4.69) is 206 Å². The van der Waals surface area contributed by atoms with Crippen molar-refractivity contribution in [1.29, 1.82) is 0 Å². The number of hydrogen-bond donors (Lipinski definition) is 0. The minimum atomic E-state index is 1.19. The molecular weight excluding hydrogens is 560 g/mol. The summed E-state index contributed by atoms with van der Waals surface area (Å²) >= 11 is 0. The molecule has 0 aromatic heterocycles. The van der Waals surface area contributed by atoms with Crippen LogP contribution in [0.1, 0.15) is 37.5 Å². The average Bonchev–Trinajstić information content (AvgIpc) is 3.02. The van der Waals surface area contributed by atoms with Crippen molar-refractivity contribution < 1.29 is 4.58 Å². The third-order valence-corrected chi connectivity index (χ3v) is 8.37. The largest absolute Gasteiger partial charge is 0.378 e. The Morgan fingerprint density at radius 3 is 1.28 bits per heavy atom. The van der Waals surface area contributed by atoms with E-state index in [1.54, 1.807) is 0 Å². The number of hydrogen-bond acceptors (Lipinski definition) is 3. The van der Waals surface area contributed by atoms with Crippen molar-refractivity contribution in [1.82, 2.24) is 0 Å². The molecule has 0 aliphatic heterocycles. The van der Waals surface area contributed by atoms with Crippen molar-refractivity contribution in [2.45, 2.75) is 20.8 Å². The monoisotopic (exact) mass is 611 g/mol. The van der Waals surface area contributed by atoms with E-state index in [1.807, 2.05) is 0 Å². The van der Waals surface area contributed by atoms with Gasteiger partial charge in [-0.05, 0) is 114 Å². The van der Waals surface area contributed by atoms with Crippen molar-refractivity contribution in [3.8, 4) is 0 Å². The van der Waals surface area contributed by atoms with Gasteiger partial charge in [0.1, 0.15) is 14.1 Å². The molecule has 3 aromatic rings. The lowest BCUT2D eigenvalue weighted by Crippen LogP contribution is -2.10. The van der Waals surface area contributed by atoms with Crippen LogP contribution in [0.15, 0.2) is 132 Å². The summed E-state index contributed by atoms with van der Waals surface area (Å²) in [5, 5.41) is 0. The van der Waals surface area contributed by atoms with Crippen LogP contribution in [0.4, 0.5) is 17.1 Å². The molecule has 4 nitrogen and oxygen atoms in total. The number of rotatable bonds is 9. The maximum absolute atomic E-state index is 2.32. The van der Waals surface area contributed by atoms with E-state index in [0.717, 1.165) is 0 Å². The lowest BCUT2D eigenvalue weighted by molar-refractivity contribution is -0.462. The van der Waals surface area contributed by atoms with Crippen molar-refractivity contribution in [2.75, 3.05) is 71.1 Å². The summed E-state index contributed by atoms with van der Waals surface area (Å²) in [4.78, 5) is 6.42. The molecule has 0 spiro atoms. The van der Waals surface area contributed by atoms with Gasteiger partial charge in [-0.2, -0.15) is 0 Å². The van der Waals surface area contributed by atoms with Crippen molar-refractivity contribution in [3.63, 3.8) is 0 Å². The van der Waals surface area contributed by atoms with Gasteiger partial charge in [-0.15, -0.1) is 0 Å². The zero-order valence-corrected chi connectivity index (χ0v) is 29.7. The van der Waals surface area contributed by atoms with Gasteiger partial charge >= 0.3 is 0 Å². The fourth-order valence-corrected chi connectivity index (χ4v) is 5.82. The van der Waals surface area contributed by atoms with E-state index in [4.69, 9.17) is 0 Å². The molecule has 0 heterocycles. The summed E-state index contributed by atoms with van der Waals surface area (Å²) in [6.07, 6.45) is 13.5. The summed E-state index contributed by atoms with van der Waals surface area (Å²) in [6.45, 7) is 6.66. The van der Waals surface area contributed by atoms with Gasteiger partial charge in [-0.25, -0.2) is 4.58 Å². The molecule has 0 N–H and O–H groups in total. The topological polar surface area (TPSA) is 12.7 Å². The summed E-state index contributed by atoms with van der Waals surface area (Å²) in [7, 11) is 16.6. The van der Waals surface area contributed by atoms with E-state index in [0.29, 0.717) is 0 Å². The van der Waals surface area contributed by atoms with Gasteiger partial charge in [0, 0.05) is 71.5 Å². The predicted octanol–water partition coefficient (Wildman–Crippen LogP) is 8.89. The Bertz CT molecular complexity index is 1670. The van der Waals surface area contributed by atoms with Gasteiger partial charge in [0.15, 0.2) is 5.71 Å². The van der Waals surface area contributed by atoms with E-state index in [-0.39, 0.29) is 0 Å². The number of anilines is 3. The molecule has 46 heavy (non-hydrogen) atoms. The van der Waals surface area contributed by atoms with Gasteiger partial charge in [0.2, 0.25) is 0 Å². The molecule has 238 valence electrons. The molecule has 0 radical (unpaired) electrons. The molecule has 0 bridgehead atoms. The van der Waals surface area contributed by atoms with Crippen LogP contribution >= 0.6 is 0 Å². The Kier molecular flexibility index (Phi) is 11.1. The van der Waals surface area contributed by atoms with Crippen molar-refractivity contribution >= 4 is 33.9 Å². The Labute approximate surface area is 278 Å². The number of allylic oxidation sites excluding steroid dienone is 11.